The molecule has 4 nitrogen and oxygen atoms in total. The van der Waals surface area contributed by atoms with Crippen LogP contribution in [0, 0.1) is 11.3 Å². The highest BCUT2D eigenvalue weighted by molar-refractivity contribution is 5.45. The van der Waals surface area contributed by atoms with Crippen molar-refractivity contribution in [2.24, 2.45) is 0 Å². The molecule has 0 aromatic heterocycles. The van der Waals surface area contributed by atoms with Gasteiger partial charge in [0.05, 0.1) is 12.0 Å². The molecule has 19 heavy (non-hydrogen) atoms. The van der Waals surface area contributed by atoms with Crippen LogP contribution in [0.15, 0.2) is 18.2 Å². The maximum Gasteiger partial charge on any atom is 0.161 e. The van der Waals surface area contributed by atoms with E-state index in [2.05, 4.69) is 24.8 Å². The van der Waals surface area contributed by atoms with E-state index >= 15 is 0 Å². The van der Waals surface area contributed by atoms with Crippen molar-refractivity contribution in [1.82, 2.24) is 4.90 Å². The molecule has 0 saturated carbocycles. The molecular weight excluding hydrogens is 240 g/mol. The van der Waals surface area contributed by atoms with Crippen molar-refractivity contribution in [3.05, 3.63) is 23.8 Å². The first-order chi connectivity index (χ1) is 9.28. The Morgan fingerprint density at radius 2 is 1.89 bits per heavy atom. The minimum atomic E-state index is -0.129. The summed E-state index contributed by atoms with van der Waals surface area (Å²) in [6.45, 7) is 8.06. The van der Waals surface area contributed by atoms with Gasteiger partial charge in [0.15, 0.2) is 11.5 Å². The maximum absolute atomic E-state index is 9.37. The summed E-state index contributed by atoms with van der Waals surface area (Å²) in [5.74, 6) is 1.40. The van der Waals surface area contributed by atoms with E-state index in [1.807, 2.05) is 18.2 Å². The number of hydrogen-bond donors (Lipinski definition) is 0. The monoisotopic (exact) mass is 260 g/mol. The molecule has 1 heterocycles. The fraction of sp³-hybridized carbons (Fsp3) is 0.533. The van der Waals surface area contributed by atoms with Gasteiger partial charge in [-0.2, -0.15) is 5.26 Å². The van der Waals surface area contributed by atoms with Gasteiger partial charge < -0.3 is 14.4 Å². The Labute approximate surface area is 114 Å². The fourth-order valence-corrected chi connectivity index (χ4v) is 2.24. The second-order valence-electron chi connectivity index (χ2n) is 4.57. The SMILES string of the molecule is CCN(CC)CC(C#N)c1ccc2c(c1)OCCO2. The quantitative estimate of drug-likeness (QED) is 0.815. The summed E-state index contributed by atoms with van der Waals surface area (Å²) in [7, 11) is 0. The molecule has 0 N–H and O–H groups in total. The molecule has 0 fully saturated rings. The molecule has 1 unspecified atom stereocenters. The zero-order valence-electron chi connectivity index (χ0n) is 11.6. The highest BCUT2D eigenvalue weighted by atomic mass is 16.6. The second kappa shape index (κ2) is 6.44. The third kappa shape index (κ3) is 3.18. The average Bonchev–Trinajstić information content (AvgIpc) is 2.48. The predicted octanol–water partition coefficient (Wildman–Crippen LogP) is 2.41. The number of benzene rings is 1. The van der Waals surface area contributed by atoms with Crippen LogP contribution in [0.25, 0.3) is 0 Å². The van der Waals surface area contributed by atoms with Crippen LogP contribution in [0.1, 0.15) is 25.3 Å². The summed E-state index contributed by atoms with van der Waals surface area (Å²) in [6, 6.07) is 8.19. The lowest BCUT2D eigenvalue weighted by molar-refractivity contribution is 0.171. The Bertz CT molecular complexity index is 464. The minimum Gasteiger partial charge on any atom is -0.486 e. The zero-order valence-corrected chi connectivity index (χ0v) is 11.6. The molecule has 2 rings (SSSR count). The lowest BCUT2D eigenvalue weighted by atomic mass is 9.99. The van der Waals surface area contributed by atoms with Crippen LogP contribution >= 0.6 is 0 Å². The van der Waals surface area contributed by atoms with Gasteiger partial charge in [-0.15, -0.1) is 0 Å². The van der Waals surface area contributed by atoms with Gasteiger partial charge >= 0.3 is 0 Å². The van der Waals surface area contributed by atoms with Crippen molar-refractivity contribution in [2.75, 3.05) is 32.8 Å². The van der Waals surface area contributed by atoms with Gasteiger partial charge in [0, 0.05) is 6.54 Å². The minimum absolute atomic E-state index is 0.129. The molecule has 1 atom stereocenters. The number of hydrogen-bond acceptors (Lipinski definition) is 4. The molecule has 0 amide bonds. The number of likely N-dealkylation sites (N-methyl/N-ethyl adjacent to an activating group) is 1. The molecule has 0 bridgehead atoms. The lowest BCUT2D eigenvalue weighted by Gasteiger charge is -2.23. The van der Waals surface area contributed by atoms with Crippen LogP contribution in [-0.2, 0) is 0 Å². The summed E-state index contributed by atoms with van der Waals surface area (Å²) < 4.78 is 11.1. The van der Waals surface area contributed by atoms with Gasteiger partial charge in [0.1, 0.15) is 13.2 Å². The number of rotatable bonds is 5. The van der Waals surface area contributed by atoms with E-state index in [1.54, 1.807) is 0 Å². The van der Waals surface area contributed by atoms with Crippen LogP contribution in [0.5, 0.6) is 11.5 Å². The van der Waals surface area contributed by atoms with Crippen molar-refractivity contribution in [3.63, 3.8) is 0 Å². The normalized spacial score (nSPS) is 15.1. The lowest BCUT2D eigenvalue weighted by Crippen LogP contribution is -2.28. The van der Waals surface area contributed by atoms with E-state index in [0.29, 0.717) is 13.2 Å². The first-order valence-corrected chi connectivity index (χ1v) is 6.80. The van der Waals surface area contributed by atoms with Crippen LogP contribution < -0.4 is 9.47 Å². The molecule has 4 heteroatoms. The molecule has 0 spiro atoms. The molecule has 102 valence electrons. The third-order valence-electron chi connectivity index (χ3n) is 3.46. The van der Waals surface area contributed by atoms with Crippen molar-refractivity contribution >= 4 is 0 Å². The number of nitrogens with zero attached hydrogens (tertiary/aromatic N) is 2. The van der Waals surface area contributed by atoms with E-state index in [9.17, 15) is 5.26 Å². The third-order valence-corrected chi connectivity index (χ3v) is 3.46. The molecule has 1 aromatic rings. The molecule has 1 aliphatic heterocycles. The molecule has 0 saturated heterocycles. The summed E-state index contributed by atoms with van der Waals surface area (Å²) in [4.78, 5) is 2.25. The topological polar surface area (TPSA) is 45.5 Å². The number of fused-ring (bicyclic) bond motifs is 1. The van der Waals surface area contributed by atoms with Crippen molar-refractivity contribution in [3.8, 4) is 17.6 Å². The summed E-state index contributed by atoms with van der Waals surface area (Å²) >= 11 is 0. The van der Waals surface area contributed by atoms with E-state index in [4.69, 9.17) is 9.47 Å². The van der Waals surface area contributed by atoms with E-state index in [0.717, 1.165) is 36.7 Å². The molecular formula is C15H20N2O2. The Kier molecular flexibility index (Phi) is 4.64. The first kappa shape index (κ1) is 13.7. The van der Waals surface area contributed by atoms with Crippen LogP contribution in [-0.4, -0.2) is 37.7 Å². The highest BCUT2D eigenvalue weighted by Gasteiger charge is 2.18. The van der Waals surface area contributed by atoms with Crippen molar-refractivity contribution < 1.29 is 9.47 Å². The number of nitriles is 1. The Morgan fingerprint density at radius 3 is 2.53 bits per heavy atom. The van der Waals surface area contributed by atoms with Gasteiger partial charge in [-0.3, -0.25) is 0 Å². The zero-order chi connectivity index (χ0) is 13.7. The second-order valence-corrected chi connectivity index (χ2v) is 4.57. The summed E-state index contributed by atoms with van der Waals surface area (Å²) in [5.41, 5.74) is 0.999. The summed E-state index contributed by atoms with van der Waals surface area (Å²) in [6.07, 6.45) is 0. The first-order valence-electron chi connectivity index (χ1n) is 6.80. The van der Waals surface area contributed by atoms with Gasteiger partial charge in [-0.05, 0) is 30.8 Å². The van der Waals surface area contributed by atoms with E-state index < -0.39 is 0 Å². The molecule has 1 aromatic carbocycles. The van der Waals surface area contributed by atoms with Gasteiger partial charge in [0.2, 0.25) is 0 Å². The standard InChI is InChI=1S/C15H20N2O2/c1-3-17(4-2)11-13(10-16)12-5-6-14-15(9-12)19-8-7-18-14/h5-6,9,13H,3-4,7-8,11H2,1-2H3. The van der Waals surface area contributed by atoms with Crippen LogP contribution in [0.3, 0.4) is 0 Å². The highest BCUT2D eigenvalue weighted by Crippen LogP contribution is 2.33. The van der Waals surface area contributed by atoms with E-state index in [1.165, 1.54) is 0 Å². The molecule has 0 radical (unpaired) electrons. The molecule has 0 aliphatic carbocycles. The maximum atomic E-state index is 9.37. The Hall–Kier alpha value is -1.73. The largest absolute Gasteiger partial charge is 0.486 e. The summed E-state index contributed by atoms with van der Waals surface area (Å²) in [5, 5.41) is 9.37. The Balaban J connectivity index is 2.17. The van der Waals surface area contributed by atoms with Crippen LogP contribution in [0.2, 0.25) is 0 Å². The van der Waals surface area contributed by atoms with Gasteiger partial charge in [0.25, 0.3) is 0 Å². The van der Waals surface area contributed by atoms with Gasteiger partial charge in [-0.1, -0.05) is 19.9 Å². The van der Waals surface area contributed by atoms with E-state index in [-0.39, 0.29) is 5.92 Å². The van der Waals surface area contributed by atoms with Gasteiger partial charge in [-0.25, -0.2) is 0 Å². The Morgan fingerprint density at radius 1 is 1.21 bits per heavy atom. The predicted molar refractivity (Wildman–Crippen MR) is 73.6 cm³/mol. The fourth-order valence-electron chi connectivity index (χ4n) is 2.24. The smallest absolute Gasteiger partial charge is 0.161 e. The molecule has 1 aliphatic rings. The van der Waals surface area contributed by atoms with Crippen LogP contribution in [0.4, 0.5) is 0 Å². The average molecular weight is 260 g/mol. The van der Waals surface area contributed by atoms with Crippen molar-refractivity contribution in [2.45, 2.75) is 19.8 Å². The number of ether oxygens (including phenoxy) is 2. The van der Waals surface area contributed by atoms with Crippen molar-refractivity contribution in [1.29, 1.82) is 5.26 Å².